The van der Waals surface area contributed by atoms with Crippen LogP contribution in [0.25, 0.3) is 0 Å². The number of ether oxygens (including phenoxy) is 3. The third-order valence-corrected chi connectivity index (χ3v) is 5.53. The van der Waals surface area contributed by atoms with E-state index < -0.39 is 15.8 Å². The second kappa shape index (κ2) is 10.9. The van der Waals surface area contributed by atoms with Gasteiger partial charge < -0.3 is 14.2 Å². The molecule has 3 aromatic rings. The van der Waals surface area contributed by atoms with Crippen LogP contribution in [-0.2, 0) is 21.3 Å². The maximum atomic E-state index is 13.2. The van der Waals surface area contributed by atoms with Gasteiger partial charge in [0.2, 0.25) is 15.9 Å². The molecule has 31 heavy (non-hydrogen) atoms. The van der Waals surface area contributed by atoms with Gasteiger partial charge in [0.15, 0.2) is 0 Å². The molecule has 164 valence electrons. The van der Waals surface area contributed by atoms with Crippen molar-refractivity contribution in [2.45, 2.75) is 18.4 Å². The quantitative estimate of drug-likeness (QED) is 0.450. The number of rotatable bonds is 11. The Labute approximate surface area is 180 Å². The summed E-state index contributed by atoms with van der Waals surface area (Å²) >= 11 is 0. The molecule has 0 bridgehead atoms. The number of pyridine rings is 1. The van der Waals surface area contributed by atoms with Gasteiger partial charge in [-0.3, -0.25) is 0 Å². The fourth-order valence-electron chi connectivity index (χ4n) is 2.57. The molecule has 0 aliphatic heterocycles. The monoisotopic (exact) mass is 446 g/mol. The predicted molar refractivity (Wildman–Crippen MR) is 113 cm³/mol. The molecule has 0 spiro atoms. The summed E-state index contributed by atoms with van der Waals surface area (Å²) in [5, 5.41) is 0. The fourth-order valence-corrected chi connectivity index (χ4v) is 3.58. The second-order valence-electron chi connectivity index (χ2n) is 6.41. The standard InChI is InChI=1S/C22H23FN2O5S/c1-2-28-12-13-29-19-7-9-21(10-8-19)31(26,27)25-16-17-6-11-22(24-15-17)30-20-5-3-4-18(23)14-20/h3-11,14-15,25H,2,12-13,16H2,1H3. The van der Waals surface area contributed by atoms with Gasteiger partial charge >= 0.3 is 0 Å². The summed E-state index contributed by atoms with van der Waals surface area (Å²) in [6, 6.07) is 15.1. The Morgan fingerprint density at radius 1 is 1.00 bits per heavy atom. The summed E-state index contributed by atoms with van der Waals surface area (Å²) in [5.74, 6) is 0.758. The van der Waals surface area contributed by atoms with Crippen molar-refractivity contribution < 1.29 is 27.0 Å². The second-order valence-corrected chi connectivity index (χ2v) is 8.17. The summed E-state index contributed by atoms with van der Waals surface area (Å²) in [6.07, 6.45) is 1.49. The number of sulfonamides is 1. The van der Waals surface area contributed by atoms with E-state index in [0.717, 1.165) is 0 Å². The van der Waals surface area contributed by atoms with Crippen LogP contribution in [0, 0.1) is 5.82 Å². The van der Waals surface area contributed by atoms with Crippen molar-refractivity contribution >= 4 is 10.0 Å². The summed E-state index contributed by atoms with van der Waals surface area (Å²) in [6.45, 7) is 3.44. The minimum absolute atomic E-state index is 0.0577. The number of hydrogen-bond donors (Lipinski definition) is 1. The van der Waals surface area contributed by atoms with Crippen molar-refractivity contribution in [2.75, 3.05) is 19.8 Å². The molecule has 3 rings (SSSR count). The lowest BCUT2D eigenvalue weighted by molar-refractivity contribution is 0.110. The highest BCUT2D eigenvalue weighted by Gasteiger charge is 2.14. The summed E-state index contributed by atoms with van der Waals surface area (Å²) < 4.78 is 56.9. The van der Waals surface area contributed by atoms with Gasteiger partial charge in [-0.1, -0.05) is 12.1 Å². The minimum atomic E-state index is -3.70. The Morgan fingerprint density at radius 3 is 2.48 bits per heavy atom. The van der Waals surface area contributed by atoms with Crippen LogP contribution in [0.2, 0.25) is 0 Å². The molecular weight excluding hydrogens is 423 g/mol. The van der Waals surface area contributed by atoms with Gasteiger partial charge in [0.25, 0.3) is 0 Å². The van der Waals surface area contributed by atoms with Crippen molar-refractivity contribution in [3.63, 3.8) is 0 Å². The average molecular weight is 447 g/mol. The van der Waals surface area contributed by atoms with Gasteiger partial charge in [-0.2, -0.15) is 0 Å². The molecule has 0 amide bonds. The van der Waals surface area contributed by atoms with E-state index in [0.29, 0.717) is 36.9 Å². The van der Waals surface area contributed by atoms with Crippen LogP contribution in [0.5, 0.6) is 17.4 Å². The van der Waals surface area contributed by atoms with Crippen molar-refractivity contribution in [1.29, 1.82) is 0 Å². The smallest absolute Gasteiger partial charge is 0.240 e. The van der Waals surface area contributed by atoms with Crippen molar-refractivity contribution in [3.8, 4) is 17.4 Å². The van der Waals surface area contributed by atoms with Crippen LogP contribution in [0.1, 0.15) is 12.5 Å². The van der Waals surface area contributed by atoms with E-state index in [1.165, 1.54) is 36.5 Å². The normalized spacial score (nSPS) is 11.3. The van der Waals surface area contributed by atoms with Crippen LogP contribution in [0.4, 0.5) is 4.39 Å². The first kappa shape index (κ1) is 22.7. The van der Waals surface area contributed by atoms with E-state index in [2.05, 4.69) is 9.71 Å². The Morgan fingerprint density at radius 2 is 1.81 bits per heavy atom. The zero-order chi connectivity index (χ0) is 22.1. The van der Waals surface area contributed by atoms with Gasteiger partial charge in [0.05, 0.1) is 11.5 Å². The van der Waals surface area contributed by atoms with Crippen molar-refractivity contribution in [3.05, 3.63) is 78.2 Å². The van der Waals surface area contributed by atoms with Crippen LogP contribution in [0.15, 0.2) is 71.8 Å². The SMILES string of the molecule is CCOCCOc1ccc(S(=O)(=O)NCc2ccc(Oc3cccc(F)c3)nc2)cc1. The number of aromatic nitrogens is 1. The molecule has 2 aromatic carbocycles. The molecule has 0 aliphatic carbocycles. The van der Waals surface area contributed by atoms with Crippen LogP contribution >= 0.6 is 0 Å². The molecule has 9 heteroatoms. The zero-order valence-electron chi connectivity index (χ0n) is 17.0. The first-order chi connectivity index (χ1) is 15.0. The summed E-state index contributed by atoms with van der Waals surface area (Å²) in [4.78, 5) is 4.25. The highest BCUT2D eigenvalue weighted by atomic mass is 32.2. The first-order valence-electron chi connectivity index (χ1n) is 9.65. The van der Waals surface area contributed by atoms with E-state index in [4.69, 9.17) is 14.2 Å². The molecule has 0 radical (unpaired) electrons. The molecule has 1 heterocycles. The molecule has 0 saturated carbocycles. The highest BCUT2D eigenvalue weighted by Crippen LogP contribution is 2.20. The molecule has 0 unspecified atom stereocenters. The van der Waals surface area contributed by atoms with Crippen LogP contribution in [0.3, 0.4) is 0 Å². The minimum Gasteiger partial charge on any atom is -0.491 e. The zero-order valence-corrected chi connectivity index (χ0v) is 17.8. The van der Waals surface area contributed by atoms with E-state index in [1.807, 2.05) is 6.92 Å². The van der Waals surface area contributed by atoms with E-state index in [1.54, 1.807) is 30.3 Å². The van der Waals surface area contributed by atoms with Gasteiger partial charge in [0.1, 0.15) is 23.9 Å². The lowest BCUT2D eigenvalue weighted by atomic mass is 10.3. The molecule has 0 fully saturated rings. The van der Waals surface area contributed by atoms with Gasteiger partial charge in [-0.15, -0.1) is 0 Å². The van der Waals surface area contributed by atoms with E-state index in [-0.39, 0.29) is 17.3 Å². The lowest BCUT2D eigenvalue weighted by Crippen LogP contribution is -2.23. The number of benzene rings is 2. The number of hydrogen-bond acceptors (Lipinski definition) is 6. The van der Waals surface area contributed by atoms with Crippen molar-refractivity contribution in [1.82, 2.24) is 9.71 Å². The third-order valence-electron chi connectivity index (χ3n) is 4.12. The number of nitrogens with zero attached hydrogens (tertiary/aromatic N) is 1. The molecule has 7 nitrogen and oxygen atoms in total. The van der Waals surface area contributed by atoms with Crippen molar-refractivity contribution in [2.24, 2.45) is 0 Å². The first-order valence-corrected chi connectivity index (χ1v) is 11.1. The Hall–Kier alpha value is -3.01. The third kappa shape index (κ3) is 7.02. The maximum absolute atomic E-state index is 13.2. The molecular formula is C22H23FN2O5S. The summed E-state index contributed by atoms with van der Waals surface area (Å²) in [7, 11) is -3.70. The lowest BCUT2D eigenvalue weighted by Gasteiger charge is -2.09. The Bertz CT molecular complexity index is 1070. The Balaban J connectivity index is 1.53. The van der Waals surface area contributed by atoms with Gasteiger partial charge in [0, 0.05) is 31.5 Å². The van der Waals surface area contributed by atoms with Crippen LogP contribution < -0.4 is 14.2 Å². The molecule has 1 aromatic heterocycles. The number of halogens is 1. The molecule has 0 saturated heterocycles. The highest BCUT2D eigenvalue weighted by molar-refractivity contribution is 7.89. The van der Waals surface area contributed by atoms with Gasteiger partial charge in [-0.05, 0) is 48.9 Å². The maximum Gasteiger partial charge on any atom is 0.240 e. The topological polar surface area (TPSA) is 86.8 Å². The largest absolute Gasteiger partial charge is 0.491 e. The van der Waals surface area contributed by atoms with Crippen LogP contribution in [-0.4, -0.2) is 33.2 Å². The van der Waals surface area contributed by atoms with Gasteiger partial charge in [-0.25, -0.2) is 22.5 Å². The molecule has 0 atom stereocenters. The average Bonchev–Trinajstić information content (AvgIpc) is 2.77. The number of nitrogens with one attached hydrogen (secondary N) is 1. The summed E-state index contributed by atoms with van der Waals surface area (Å²) in [5.41, 5.74) is 0.644. The van der Waals surface area contributed by atoms with E-state index in [9.17, 15) is 12.8 Å². The predicted octanol–water partition coefficient (Wildman–Crippen LogP) is 3.91. The molecule has 0 aliphatic rings. The molecule has 1 N–H and O–H groups in total. The fraction of sp³-hybridized carbons (Fsp3) is 0.227. The Kier molecular flexibility index (Phi) is 7.94. The van der Waals surface area contributed by atoms with E-state index >= 15 is 0 Å².